The SMILES string of the molecule is O=C(O)c1cnc(N2CCCC(CO)C2)nc1. The number of carboxylic acids is 1. The Labute approximate surface area is 98.9 Å². The van der Waals surface area contributed by atoms with Crippen molar-refractivity contribution in [2.45, 2.75) is 12.8 Å². The quantitative estimate of drug-likeness (QED) is 0.790. The van der Waals surface area contributed by atoms with Gasteiger partial charge in [0.25, 0.3) is 0 Å². The van der Waals surface area contributed by atoms with Crippen molar-refractivity contribution in [2.75, 3.05) is 24.6 Å². The lowest BCUT2D eigenvalue weighted by atomic mass is 9.99. The maximum absolute atomic E-state index is 10.7. The second-order valence-electron chi connectivity index (χ2n) is 4.21. The Morgan fingerprint density at radius 2 is 2.18 bits per heavy atom. The third kappa shape index (κ3) is 2.71. The van der Waals surface area contributed by atoms with Gasteiger partial charge in [0.1, 0.15) is 0 Å². The van der Waals surface area contributed by atoms with E-state index < -0.39 is 5.97 Å². The Bertz CT molecular complexity index is 393. The fourth-order valence-corrected chi connectivity index (χ4v) is 1.99. The molecule has 0 radical (unpaired) electrons. The molecule has 2 rings (SSSR count). The number of aliphatic hydroxyl groups is 1. The number of carbonyl (C=O) groups is 1. The predicted octanol–water partition coefficient (Wildman–Crippen LogP) is 0.383. The van der Waals surface area contributed by atoms with Crippen LogP contribution in [0.5, 0.6) is 0 Å². The summed E-state index contributed by atoms with van der Waals surface area (Å²) in [6, 6.07) is 0. The first-order valence-electron chi connectivity index (χ1n) is 5.62. The van der Waals surface area contributed by atoms with Gasteiger partial charge in [-0.3, -0.25) is 0 Å². The van der Waals surface area contributed by atoms with Crippen molar-refractivity contribution in [2.24, 2.45) is 5.92 Å². The van der Waals surface area contributed by atoms with Crippen LogP contribution in [0.2, 0.25) is 0 Å². The van der Waals surface area contributed by atoms with Crippen molar-refractivity contribution in [1.29, 1.82) is 0 Å². The Morgan fingerprint density at radius 3 is 2.76 bits per heavy atom. The molecular formula is C11H15N3O3. The molecule has 1 unspecified atom stereocenters. The number of aromatic nitrogens is 2. The fourth-order valence-electron chi connectivity index (χ4n) is 1.99. The van der Waals surface area contributed by atoms with Crippen molar-refractivity contribution in [3.05, 3.63) is 18.0 Å². The van der Waals surface area contributed by atoms with Gasteiger partial charge in [-0.1, -0.05) is 0 Å². The predicted molar refractivity (Wildman–Crippen MR) is 61.0 cm³/mol. The maximum atomic E-state index is 10.7. The molecule has 1 aromatic rings. The lowest BCUT2D eigenvalue weighted by Gasteiger charge is -2.31. The molecule has 6 nitrogen and oxygen atoms in total. The summed E-state index contributed by atoms with van der Waals surface area (Å²) in [6.45, 7) is 1.75. The summed E-state index contributed by atoms with van der Waals surface area (Å²) in [7, 11) is 0. The highest BCUT2D eigenvalue weighted by molar-refractivity contribution is 5.86. The van der Waals surface area contributed by atoms with Gasteiger partial charge in [-0.15, -0.1) is 0 Å². The first-order chi connectivity index (χ1) is 8.20. The monoisotopic (exact) mass is 237 g/mol. The Kier molecular flexibility index (Phi) is 3.53. The molecule has 0 spiro atoms. The van der Waals surface area contributed by atoms with Gasteiger partial charge in [0.05, 0.1) is 5.56 Å². The number of aliphatic hydroxyl groups excluding tert-OH is 1. The van der Waals surface area contributed by atoms with Crippen molar-refractivity contribution in [3.63, 3.8) is 0 Å². The molecule has 92 valence electrons. The molecule has 1 aliphatic heterocycles. The molecule has 0 saturated carbocycles. The van der Waals surface area contributed by atoms with Gasteiger partial charge in [-0.2, -0.15) is 0 Å². The van der Waals surface area contributed by atoms with Gasteiger partial charge in [0.2, 0.25) is 5.95 Å². The highest BCUT2D eigenvalue weighted by atomic mass is 16.4. The number of carboxylic acid groups (broad SMARTS) is 1. The molecule has 1 saturated heterocycles. The maximum Gasteiger partial charge on any atom is 0.338 e. The molecule has 1 atom stereocenters. The highest BCUT2D eigenvalue weighted by Gasteiger charge is 2.21. The van der Waals surface area contributed by atoms with Crippen LogP contribution >= 0.6 is 0 Å². The molecule has 2 N–H and O–H groups in total. The topological polar surface area (TPSA) is 86.5 Å². The number of piperidine rings is 1. The number of hydrogen-bond acceptors (Lipinski definition) is 5. The smallest absolute Gasteiger partial charge is 0.338 e. The zero-order valence-corrected chi connectivity index (χ0v) is 9.41. The van der Waals surface area contributed by atoms with E-state index >= 15 is 0 Å². The van der Waals surface area contributed by atoms with Gasteiger partial charge in [-0.25, -0.2) is 14.8 Å². The van der Waals surface area contributed by atoms with Gasteiger partial charge < -0.3 is 15.1 Å². The van der Waals surface area contributed by atoms with Crippen molar-refractivity contribution >= 4 is 11.9 Å². The van der Waals surface area contributed by atoms with Crippen LogP contribution in [0, 0.1) is 5.92 Å². The lowest BCUT2D eigenvalue weighted by Crippen LogP contribution is -2.37. The van der Waals surface area contributed by atoms with Gasteiger partial charge in [0, 0.05) is 32.1 Å². The highest BCUT2D eigenvalue weighted by Crippen LogP contribution is 2.19. The van der Waals surface area contributed by atoms with Crippen LogP contribution in [0.1, 0.15) is 23.2 Å². The minimum atomic E-state index is -1.02. The molecule has 1 aromatic heterocycles. The Hall–Kier alpha value is -1.69. The molecule has 6 heteroatoms. The summed E-state index contributed by atoms with van der Waals surface area (Å²) in [6.07, 6.45) is 4.63. The second kappa shape index (κ2) is 5.09. The summed E-state index contributed by atoms with van der Waals surface area (Å²) in [5.74, 6) is -0.233. The van der Waals surface area contributed by atoms with E-state index in [-0.39, 0.29) is 18.1 Å². The number of rotatable bonds is 3. The van der Waals surface area contributed by atoms with E-state index in [2.05, 4.69) is 9.97 Å². The molecule has 2 heterocycles. The molecule has 0 aromatic carbocycles. The third-order valence-electron chi connectivity index (χ3n) is 2.95. The first-order valence-corrected chi connectivity index (χ1v) is 5.62. The van der Waals surface area contributed by atoms with E-state index in [4.69, 9.17) is 10.2 Å². The minimum absolute atomic E-state index is 0.0875. The summed E-state index contributed by atoms with van der Waals surface area (Å²) < 4.78 is 0. The van der Waals surface area contributed by atoms with E-state index in [9.17, 15) is 4.79 Å². The minimum Gasteiger partial charge on any atom is -0.478 e. The largest absolute Gasteiger partial charge is 0.478 e. The van der Waals surface area contributed by atoms with Crippen LogP contribution in [-0.4, -0.2) is 45.8 Å². The third-order valence-corrected chi connectivity index (χ3v) is 2.95. The van der Waals surface area contributed by atoms with Gasteiger partial charge in [0.15, 0.2) is 0 Å². The van der Waals surface area contributed by atoms with Crippen LogP contribution < -0.4 is 4.90 Å². The van der Waals surface area contributed by atoms with Crippen LogP contribution in [0.25, 0.3) is 0 Å². The van der Waals surface area contributed by atoms with E-state index in [1.54, 1.807) is 0 Å². The molecule has 17 heavy (non-hydrogen) atoms. The van der Waals surface area contributed by atoms with Crippen LogP contribution in [0.4, 0.5) is 5.95 Å². The number of anilines is 1. The van der Waals surface area contributed by atoms with Crippen molar-refractivity contribution < 1.29 is 15.0 Å². The van der Waals surface area contributed by atoms with E-state index in [0.717, 1.165) is 25.9 Å². The van der Waals surface area contributed by atoms with E-state index in [1.807, 2.05) is 4.90 Å². The van der Waals surface area contributed by atoms with Crippen LogP contribution in [0.3, 0.4) is 0 Å². The van der Waals surface area contributed by atoms with Crippen molar-refractivity contribution in [3.8, 4) is 0 Å². The zero-order valence-electron chi connectivity index (χ0n) is 9.41. The molecule has 1 fully saturated rings. The molecule has 0 amide bonds. The molecule has 1 aliphatic rings. The van der Waals surface area contributed by atoms with Crippen LogP contribution in [-0.2, 0) is 0 Å². The fraction of sp³-hybridized carbons (Fsp3) is 0.545. The van der Waals surface area contributed by atoms with Gasteiger partial charge >= 0.3 is 5.97 Å². The summed E-state index contributed by atoms with van der Waals surface area (Å²) in [5.41, 5.74) is 0.0875. The first kappa shape index (κ1) is 11.8. The average molecular weight is 237 g/mol. The summed E-state index contributed by atoms with van der Waals surface area (Å²) >= 11 is 0. The zero-order chi connectivity index (χ0) is 12.3. The molecular weight excluding hydrogens is 222 g/mol. The Morgan fingerprint density at radius 1 is 1.47 bits per heavy atom. The van der Waals surface area contributed by atoms with E-state index in [1.165, 1.54) is 12.4 Å². The lowest BCUT2D eigenvalue weighted by molar-refractivity contribution is 0.0696. The van der Waals surface area contributed by atoms with Crippen LogP contribution in [0.15, 0.2) is 12.4 Å². The molecule has 0 bridgehead atoms. The number of aromatic carboxylic acids is 1. The average Bonchev–Trinajstić information content (AvgIpc) is 2.39. The summed E-state index contributed by atoms with van der Waals surface area (Å²) in [5, 5.41) is 17.9. The van der Waals surface area contributed by atoms with E-state index in [0.29, 0.717) is 5.95 Å². The second-order valence-corrected chi connectivity index (χ2v) is 4.21. The number of nitrogens with zero attached hydrogens (tertiary/aromatic N) is 3. The number of hydrogen-bond donors (Lipinski definition) is 2. The molecule has 0 aliphatic carbocycles. The normalized spacial score (nSPS) is 20.3. The van der Waals surface area contributed by atoms with Crippen molar-refractivity contribution in [1.82, 2.24) is 9.97 Å². The summed E-state index contributed by atoms with van der Waals surface area (Å²) in [4.78, 5) is 20.7. The van der Waals surface area contributed by atoms with Gasteiger partial charge in [-0.05, 0) is 18.8 Å². The Balaban J connectivity index is 2.08. The standard InChI is InChI=1S/C11H15N3O3/c15-7-8-2-1-3-14(6-8)11-12-4-9(5-13-11)10(16)17/h4-5,8,15H,1-3,6-7H2,(H,16,17).